The number of furan rings is 1. The van der Waals surface area contributed by atoms with E-state index in [1.807, 2.05) is 44.4 Å². The number of benzene rings is 2. The lowest BCUT2D eigenvalue weighted by molar-refractivity contribution is 0.275. The van der Waals surface area contributed by atoms with Gasteiger partial charge in [-0.15, -0.1) is 0 Å². The number of phenolic OH excluding ortho intramolecular Hbond substituents is 1. The van der Waals surface area contributed by atoms with Crippen LogP contribution >= 0.6 is 0 Å². The van der Waals surface area contributed by atoms with Crippen molar-refractivity contribution in [3.05, 3.63) is 63.9 Å². The predicted molar refractivity (Wildman–Crippen MR) is 115 cm³/mol. The number of pyridine rings is 1. The molecule has 0 radical (unpaired) electrons. The third kappa shape index (κ3) is 2.20. The van der Waals surface area contributed by atoms with Crippen LogP contribution in [0.1, 0.15) is 18.1 Å². The molecule has 0 amide bonds. The van der Waals surface area contributed by atoms with Gasteiger partial charge in [-0.2, -0.15) is 0 Å². The van der Waals surface area contributed by atoms with Crippen molar-refractivity contribution in [2.45, 2.75) is 13.0 Å². The summed E-state index contributed by atoms with van der Waals surface area (Å²) in [5.74, 6) is 0.688. The summed E-state index contributed by atoms with van der Waals surface area (Å²) in [6.07, 6.45) is 3.74. The van der Waals surface area contributed by atoms with Crippen molar-refractivity contribution < 1.29 is 14.3 Å². The highest BCUT2D eigenvalue weighted by molar-refractivity contribution is 6.15. The fraction of sp³-hybridized carbons (Fsp3) is 0.130. The van der Waals surface area contributed by atoms with Crippen LogP contribution in [0.5, 0.6) is 11.5 Å². The fourth-order valence-corrected chi connectivity index (χ4v) is 4.27. The van der Waals surface area contributed by atoms with E-state index in [1.54, 1.807) is 4.68 Å². The Labute approximate surface area is 169 Å². The number of hydrogen-bond donors (Lipinski definition) is 2. The molecule has 1 aliphatic heterocycles. The van der Waals surface area contributed by atoms with Gasteiger partial charge in [0.05, 0.1) is 5.39 Å². The number of nitrogens with zero attached hydrogens (tertiary/aromatic N) is 2. The van der Waals surface area contributed by atoms with Crippen molar-refractivity contribution in [3.8, 4) is 11.5 Å². The van der Waals surface area contributed by atoms with Gasteiger partial charge in [0.25, 0.3) is 0 Å². The molecule has 2 N–H and O–H groups in total. The zero-order chi connectivity index (χ0) is 20.6. The van der Waals surface area contributed by atoms with Crippen LogP contribution in [0, 0.1) is 0 Å². The van der Waals surface area contributed by atoms with E-state index in [0.717, 1.165) is 27.8 Å². The second kappa shape index (κ2) is 5.76. The van der Waals surface area contributed by atoms with Crippen LogP contribution in [0.4, 0.5) is 0 Å². The van der Waals surface area contributed by atoms with Gasteiger partial charge in [0.1, 0.15) is 28.7 Å². The van der Waals surface area contributed by atoms with Crippen molar-refractivity contribution >= 4 is 44.8 Å². The van der Waals surface area contributed by atoms with E-state index in [2.05, 4.69) is 11.2 Å². The second-order valence-electron chi connectivity index (χ2n) is 7.55. The Balaban J connectivity index is 1.79. The lowest BCUT2D eigenvalue weighted by Gasteiger charge is -2.25. The number of aromatic hydroxyl groups is 1. The van der Waals surface area contributed by atoms with Gasteiger partial charge in [0.15, 0.2) is 16.7 Å². The molecule has 6 rings (SSSR count). The highest BCUT2D eigenvalue weighted by Crippen LogP contribution is 2.43. The van der Waals surface area contributed by atoms with E-state index < -0.39 is 0 Å². The minimum absolute atomic E-state index is 0.139. The normalized spacial score (nSPS) is 16.1. The maximum absolute atomic E-state index is 11.9. The van der Waals surface area contributed by atoms with Crippen LogP contribution in [0.2, 0.25) is 0 Å². The predicted octanol–water partition coefficient (Wildman–Crippen LogP) is 4.19. The van der Waals surface area contributed by atoms with Crippen LogP contribution in [-0.2, 0) is 7.05 Å². The fourth-order valence-electron chi connectivity index (χ4n) is 4.27. The van der Waals surface area contributed by atoms with Gasteiger partial charge < -0.3 is 19.4 Å². The molecule has 2 aromatic carbocycles. The summed E-state index contributed by atoms with van der Waals surface area (Å²) in [4.78, 5) is 16.7. The molecule has 5 aromatic rings. The Hall–Kier alpha value is -4.00. The number of phenols is 1. The van der Waals surface area contributed by atoms with Crippen LogP contribution in [0.3, 0.4) is 0 Å². The number of nitrogens with one attached hydrogen (secondary N) is 1. The minimum Gasteiger partial charge on any atom is -0.507 e. The maximum atomic E-state index is 11.9. The Morgan fingerprint density at radius 2 is 2.07 bits per heavy atom. The summed E-state index contributed by atoms with van der Waals surface area (Å²) in [5, 5.41) is 14.9. The Kier molecular flexibility index (Phi) is 3.25. The first kappa shape index (κ1) is 16.9. The summed E-state index contributed by atoms with van der Waals surface area (Å²) >= 11 is 0. The number of rotatable bonds is 1. The maximum Gasteiger partial charge on any atom is 0.186 e. The van der Waals surface area contributed by atoms with Crippen molar-refractivity contribution in [2.24, 2.45) is 7.05 Å². The molecule has 4 heterocycles. The first-order chi connectivity index (χ1) is 14.5. The van der Waals surface area contributed by atoms with E-state index in [9.17, 15) is 9.90 Å². The molecule has 0 saturated heterocycles. The van der Waals surface area contributed by atoms with Crippen molar-refractivity contribution in [3.63, 3.8) is 0 Å². The van der Waals surface area contributed by atoms with Crippen LogP contribution < -0.4 is 10.2 Å². The lowest BCUT2D eigenvalue weighted by atomic mass is 9.93. The third-order valence-electron chi connectivity index (χ3n) is 5.65. The Morgan fingerprint density at radius 3 is 2.93 bits per heavy atom. The molecule has 3 aromatic heterocycles. The molecule has 7 heteroatoms. The summed E-state index contributed by atoms with van der Waals surface area (Å²) < 4.78 is 14.1. The van der Waals surface area contributed by atoms with E-state index in [0.29, 0.717) is 27.7 Å². The van der Waals surface area contributed by atoms with Gasteiger partial charge in [-0.25, -0.2) is 4.98 Å². The van der Waals surface area contributed by atoms with Crippen LogP contribution in [0.15, 0.2) is 51.8 Å². The number of ether oxygens (including phenoxy) is 1. The quantitative estimate of drug-likeness (QED) is 0.441. The monoisotopic (exact) mass is 399 g/mol. The molecular formula is C23H17N3O4. The summed E-state index contributed by atoms with van der Waals surface area (Å²) in [6, 6.07) is 10.4. The molecule has 7 nitrogen and oxygen atoms in total. The van der Waals surface area contributed by atoms with E-state index in [-0.39, 0.29) is 17.3 Å². The van der Waals surface area contributed by atoms with Crippen LogP contribution in [-0.4, -0.2) is 26.0 Å². The lowest BCUT2D eigenvalue weighted by Crippen LogP contribution is -2.18. The number of aromatic nitrogens is 3. The number of hydrogen-bond acceptors (Lipinski definition) is 5. The number of aromatic amines is 1. The van der Waals surface area contributed by atoms with Gasteiger partial charge in [0.2, 0.25) is 0 Å². The number of para-hydroxylation sites is 1. The number of fused-ring (bicyclic) bond motifs is 5. The zero-order valence-corrected chi connectivity index (χ0v) is 16.3. The highest BCUT2D eigenvalue weighted by atomic mass is 16.5. The molecule has 0 bridgehead atoms. The minimum atomic E-state index is -0.319. The molecule has 1 atom stereocenters. The second-order valence-corrected chi connectivity index (χ2v) is 7.55. The van der Waals surface area contributed by atoms with Gasteiger partial charge in [-0.1, -0.05) is 18.2 Å². The Morgan fingerprint density at radius 1 is 1.23 bits per heavy atom. The van der Waals surface area contributed by atoms with Gasteiger partial charge >= 0.3 is 0 Å². The zero-order valence-electron chi connectivity index (χ0n) is 16.3. The molecule has 0 saturated carbocycles. The first-order valence-electron chi connectivity index (χ1n) is 9.62. The molecule has 0 unspecified atom stereocenters. The van der Waals surface area contributed by atoms with Crippen molar-refractivity contribution in [2.75, 3.05) is 0 Å². The van der Waals surface area contributed by atoms with E-state index in [1.165, 1.54) is 12.1 Å². The smallest absolute Gasteiger partial charge is 0.186 e. The average molecular weight is 399 g/mol. The molecule has 1 aliphatic rings. The van der Waals surface area contributed by atoms with Crippen molar-refractivity contribution in [1.29, 1.82) is 0 Å². The third-order valence-corrected chi connectivity index (χ3v) is 5.65. The molecule has 148 valence electrons. The molecule has 0 spiro atoms. The SMILES string of the molecule is C[C@@H]1Oc2ccccc2C=C1c1c2c[nH]n(C)c2nc2c1oc1cc(=O)cc(O)c12. The Bertz CT molecular complexity index is 1590. The van der Waals surface area contributed by atoms with Crippen LogP contribution in [0.25, 0.3) is 44.8 Å². The number of aryl methyl sites for hydroxylation is 1. The summed E-state index contributed by atoms with van der Waals surface area (Å²) in [7, 11) is 1.87. The highest BCUT2D eigenvalue weighted by Gasteiger charge is 2.28. The molecular weight excluding hydrogens is 382 g/mol. The largest absolute Gasteiger partial charge is 0.507 e. The summed E-state index contributed by atoms with van der Waals surface area (Å²) in [6.45, 7) is 1.99. The van der Waals surface area contributed by atoms with Crippen molar-refractivity contribution in [1.82, 2.24) is 14.8 Å². The molecule has 0 aliphatic carbocycles. The standard InChI is InChI=1S/C23H17N3O4/c1-11-14(7-12-5-3-4-6-17(12)29-11)19-15-10-24-26(2)23(15)25-21-20-16(28)8-13(27)9-18(20)30-22(19)21/h3-11,24,28H,1-2H3/t11-/m0/s1. The first-order valence-corrected chi connectivity index (χ1v) is 9.62. The van der Waals surface area contributed by atoms with Gasteiger partial charge in [-0.3, -0.25) is 9.48 Å². The number of H-pyrrole nitrogens is 1. The van der Waals surface area contributed by atoms with E-state index >= 15 is 0 Å². The molecule has 0 fully saturated rings. The van der Waals surface area contributed by atoms with Gasteiger partial charge in [-0.05, 0) is 19.1 Å². The van der Waals surface area contributed by atoms with E-state index in [4.69, 9.17) is 14.1 Å². The summed E-state index contributed by atoms with van der Waals surface area (Å²) in [5.41, 5.74) is 4.46. The topological polar surface area (TPSA) is 93.3 Å². The van der Waals surface area contributed by atoms with Gasteiger partial charge in [0, 0.05) is 47.5 Å². The average Bonchev–Trinajstić information content (AvgIpc) is 3.26. The molecule has 30 heavy (non-hydrogen) atoms.